The fourth-order valence-corrected chi connectivity index (χ4v) is 2.54. The van der Waals surface area contributed by atoms with Gasteiger partial charge in [-0.3, -0.25) is 4.90 Å². The molecule has 0 unspecified atom stereocenters. The molecule has 4 nitrogen and oxygen atoms in total. The predicted molar refractivity (Wildman–Crippen MR) is 72.4 cm³/mol. The zero-order chi connectivity index (χ0) is 13.0. The molecule has 1 aliphatic heterocycles. The van der Waals surface area contributed by atoms with Gasteiger partial charge in [-0.05, 0) is 52.6 Å². The molecule has 4 heteroatoms. The van der Waals surface area contributed by atoms with Gasteiger partial charge in [0.1, 0.15) is 0 Å². The van der Waals surface area contributed by atoms with Crippen LogP contribution in [0.4, 0.5) is 0 Å². The summed E-state index contributed by atoms with van der Waals surface area (Å²) in [5.41, 5.74) is 0.968. The summed E-state index contributed by atoms with van der Waals surface area (Å²) in [7, 11) is 0. The highest BCUT2D eigenvalue weighted by Gasteiger charge is 2.20. The quantitative estimate of drug-likeness (QED) is 0.871. The van der Waals surface area contributed by atoms with Crippen molar-refractivity contribution in [3.8, 4) is 0 Å². The topological polar surface area (TPSA) is 41.3 Å². The minimum Gasteiger partial charge on any atom is -0.360 e. The minimum absolute atomic E-state index is 0.547. The normalized spacial score (nSPS) is 17.8. The van der Waals surface area contributed by atoms with Crippen molar-refractivity contribution in [2.24, 2.45) is 5.92 Å². The summed E-state index contributed by atoms with van der Waals surface area (Å²) in [6, 6.07) is 2.59. The van der Waals surface area contributed by atoms with Gasteiger partial charge in [-0.25, -0.2) is 0 Å². The van der Waals surface area contributed by atoms with Crippen LogP contribution in [-0.2, 0) is 6.54 Å². The van der Waals surface area contributed by atoms with E-state index in [4.69, 9.17) is 4.52 Å². The van der Waals surface area contributed by atoms with E-state index in [9.17, 15) is 0 Å². The van der Waals surface area contributed by atoms with Crippen LogP contribution in [0.3, 0.4) is 0 Å². The molecule has 2 rings (SSSR count). The predicted octanol–water partition coefficient (Wildman–Crippen LogP) is 2.19. The summed E-state index contributed by atoms with van der Waals surface area (Å²) >= 11 is 0. The minimum atomic E-state index is 0.547. The molecule has 0 spiro atoms. The Morgan fingerprint density at radius 3 is 2.72 bits per heavy atom. The monoisotopic (exact) mass is 251 g/mol. The molecule has 1 N–H and O–H groups in total. The number of rotatable bonds is 5. The van der Waals surface area contributed by atoms with Crippen molar-refractivity contribution in [2.75, 3.05) is 19.6 Å². The second kappa shape index (κ2) is 6.34. The SMILES string of the molecule is Cc1cc(CN(CC2CCNCC2)C(C)C)on1. The maximum atomic E-state index is 5.33. The number of piperidine rings is 1. The van der Waals surface area contributed by atoms with Gasteiger partial charge in [0.25, 0.3) is 0 Å². The molecule has 0 atom stereocenters. The molecule has 0 aromatic carbocycles. The molecule has 1 saturated heterocycles. The average molecular weight is 251 g/mol. The van der Waals surface area contributed by atoms with E-state index in [1.54, 1.807) is 0 Å². The van der Waals surface area contributed by atoms with Crippen molar-refractivity contribution in [1.29, 1.82) is 0 Å². The fraction of sp³-hybridized carbons (Fsp3) is 0.786. The molecule has 2 heterocycles. The second-order valence-electron chi connectivity index (χ2n) is 5.65. The van der Waals surface area contributed by atoms with Crippen molar-refractivity contribution in [1.82, 2.24) is 15.4 Å². The highest BCUT2D eigenvalue weighted by molar-refractivity contribution is 5.03. The molecule has 1 aromatic rings. The summed E-state index contributed by atoms with van der Waals surface area (Å²) in [4.78, 5) is 2.50. The second-order valence-corrected chi connectivity index (χ2v) is 5.65. The Hall–Kier alpha value is -0.870. The Labute approximate surface area is 110 Å². The van der Waals surface area contributed by atoms with Crippen molar-refractivity contribution >= 4 is 0 Å². The first kappa shape index (κ1) is 13.6. The lowest BCUT2D eigenvalue weighted by Gasteiger charge is -2.32. The van der Waals surface area contributed by atoms with Gasteiger partial charge < -0.3 is 9.84 Å². The van der Waals surface area contributed by atoms with Crippen LogP contribution in [-0.4, -0.2) is 35.7 Å². The van der Waals surface area contributed by atoms with Crippen molar-refractivity contribution in [3.05, 3.63) is 17.5 Å². The molecule has 1 aliphatic rings. The summed E-state index contributed by atoms with van der Waals surface area (Å²) in [5.74, 6) is 1.80. The van der Waals surface area contributed by atoms with Crippen LogP contribution >= 0.6 is 0 Å². The summed E-state index contributed by atoms with van der Waals surface area (Å²) in [6.07, 6.45) is 2.58. The van der Waals surface area contributed by atoms with Crippen LogP contribution in [0.5, 0.6) is 0 Å². The molecule has 0 bridgehead atoms. The van der Waals surface area contributed by atoms with Crippen LogP contribution in [0.15, 0.2) is 10.6 Å². The van der Waals surface area contributed by atoms with Gasteiger partial charge in [0.05, 0.1) is 12.2 Å². The van der Waals surface area contributed by atoms with Gasteiger partial charge in [0.2, 0.25) is 0 Å². The summed E-state index contributed by atoms with van der Waals surface area (Å²) in [6.45, 7) is 10.9. The van der Waals surface area contributed by atoms with Crippen molar-refractivity contribution < 1.29 is 4.52 Å². The number of aromatic nitrogens is 1. The van der Waals surface area contributed by atoms with E-state index in [2.05, 4.69) is 29.2 Å². The molecule has 0 aliphatic carbocycles. The zero-order valence-electron chi connectivity index (χ0n) is 11.8. The fourth-order valence-electron chi connectivity index (χ4n) is 2.54. The van der Waals surface area contributed by atoms with Crippen LogP contribution < -0.4 is 5.32 Å². The maximum absolute atomic E-state index is 5.33. The molecule has 0 radical (unpaired) electrons. The van der Waals surface area contributed by atoms with Gasteiger partial charge in [-0.2, -0.15) is 0 Å². The molecular formula is C14H25N3O. The van der Waals surface area contributed by atoms with Crippen LogP contribution in [0.2, 0.25) is 0 Å². The van der Waals surface area contributed by atoms with E-state index in [0.717, 1.165) is 37.0 Å². The zero-order valence-corrected chi connectivity index (χ0v) is 11.8. The van der Waals surface area contributed by atoms with Gasteiger partial charge in [0, 0.05) is 18.7 Å². The molecular weight excluding hydrogens is 226 g/mol. The van der Waals surface area contributed by atoms with E-state index in [-0.39, 0.29) is 0 Å². The largest absolute Gasteiger partial charge is 0.360 e. The van der Waals surface area contributed by atoms with E-state index >= 15 is 0 Å². The molecule has 1 fully saturated rings. The molecule has 102 valence electrons. The Balaban J connectivity index is 1.90. The number of hydrogen-bond acceptors (Lipinski definition) is 4. The highest BCUT2D eigenvalue weighted by Crippen LogP contribution is 2.17. The first-order valence-corrected chi connectivity index (χ1v) is 7.02. The molecule has 18 heavy (non-hydrogen) atoms. The van der Waals surface area contributed by atoms with E-state index < -0.39 is 0 Å². The lowest BCUT2D eigenvalue weighted by Crippen LogP contribution is -2.39. The number of aryl methyl sites for hydroxylation is 1. The van der Waals surface area contributed by atoms with Crippen LogP contribution in [0, 0.1) is 12.8 Å². The van der Waals surface area contributed by atoms with Crippen LogP contribution in [0.25, 0.3) is 0 Å². The Kier molecular flexibility index (Phi) is 4.78. The number of nitrogens with zero attached hydrogens (tertiary/aromatic N) is 2. The standard InChI is InChI=1S/C14H25N3O/c1-11(2)17(9-13-4-6-15-7-5-13)10-14-8-12(3)16-18-14/h8,11,13,15H,4-7,9-10H2,1-3H3. The lowest BCUT2D eigenvalue weighted by molar-refractivity contribution is 0.147. The molecule has 1 aromatic heterocycles. The maximum Gasteiger partial charge on any atom is 0.150 e. The smallest absolute Gasteiger partial charge is 0.150 e. The third kappa shape index (κ3) is 3.82. The third-order valence-corrected chi connectivity index (χ3v) is 3.72. The van der Waals surface area contributed by atoms with Gasteiger partial charge in [-0.1, -0.05) is 5.16 Å². The number of nitrogens with one attached hydrogen (secondary N) is 1. The van der Waals surface area contributed by atoms with Gasteiger partial charge in [0.15, 0.2) is 5.76 Å². The Morgan fingerprint density at radius 2 is 2.17 bits per heavy atom. The van der Waals surface area contributed by atoms with Gasteiger partial charge in [-0.15, -0.1) is 0 Å². The summed E-state index contributed by atoms with van der Waals surface area (Å²) < 4.78 is 5.33. The van der Waals surface area contributed by atoms with Crippen molar-refractivity contribution in [3.63, 3.8) is 0 Å². The lowest BCUT2D eigenvalue weighted by atomic mass is 9.97. The third-order valence-electron chi connectivity index (χ3n) is 3.72. The number of hydrogen-bond donors (Lipinski definition) is 1. The molecule has 0 amide bonds. The van der Waals surface area contributed by atoms with Gasteiger partial charge >= 0.3 is 0 Å². The van der Waals surface area contributed by atoms with E-state index in [1.807, 2.05) is 13.0 Å². The Morgan fingerprint density at radius 1 is 1.44 bits per heavy atom. The highest BCUT2D eigenvalue weighted by atomic mass is 16.5. The average Bonchev–Trinajstić information content (AvgIpc) is 2.75. The van der Waals surface area contributed by atoms with Crippen molar-refractivity contribution in [2.45, 2.75) is 46.2 Å². The summed E-state index contributed by atoms with van der Waals surface area (Å²) in [5, 5.41) is 7.39. The first-order valence-electron chi connectivity index (χ1n) is 7.02. The Bertz CT molecular complexity index is 356. The van der Waals surface area contributed by atoms with E-state index in [1.165, 1.54) is 19.4 Å². The van der Waals surface area contributed by atoms with E-state index in [0.29, 0.717) is 6.04 Å². The molecule has 0 saturated carbocycles. The first-order chi connectivity index (χ1) is 8.65. The van der Waals surface area contributed by atoms with Crippen LogP contribution in [0.1, 0.15) is 38.1 Å².